The maximum atomic E-state index is 12.7. The van der Waals surface area contributed by atoms with Crippen LogP contribution in [0.25, 0.3) is 17.0 Å². The van der Waals surface area contributed by atoms with E-state index in [2.05, 4.69) is 4.72 Å². The third kappa shape index (κ3) is 4.98. The zero-order valence-electron chi connectivity index (χ0n) is 16.5. The van der Waals surface area contributed by atoms with Gasteiger partial charge < -0.3 is 9.32 Å². The Labute approximate surface area is 176 Å². The van der Waals surface area contributed by atoms with Crippen molar-refractivity contribution in [2.45, 2.75) is 12.8 Å². The molecule has 4 rings (SSSR count). The summed E-state index contributed by atoms with van der Waals surface area (Å²) in [7, 11) is -3.49. The van der Waals surface area contributed by atoms with Gasteiger partial charge in [0, 0.05) is 30.4 Å². The summed E-state index contributed by atoms with van der Waals surface area (Å²) in [4.78, 5) is 14.5. The summed E-state index contributed by atoms with van der Waals surface area (Å²) in [6.07, 6.45) is 3.07. The Bertz CT molecular complexity index is 1110. The summed E-state index contributed by atoms with van der Waals surface area (Å²) in [6.45, 7) is 1.54. The topological polar surface area (TPSA) is 79.6 Å². The molecule has 0 unspecified atom stereocenters. The van der Waals surface area contributed by atoms with E-state index in [-0.39, 0.29) is 11.8 Å². The molecule has 0 saturated carbocycles. The Hall–Kier alpha value is -2.90. The number of nitrogens with one attached hydrogen (secondary N) is 1. The Balaban J connectivity index is 1.28. The van der Waals surface area contributed by atoms with E-state index in [1.165, 1.54) is 5.41 Å². The molecule has 0 bridgehead atoms. The fraction of sp³-hybridized carbons (Fsp3) is 0.261. The number of carbonyl (C=O) groups is 1. The van der Waals surface area contributed by atoms with E-state index < -0.39 is 10.0 Å². The van der Waals surface area contributed by atoms with E-state index in [1.807, 2.05) is 54.6 Å². The van der Waals surface area contributed by atoms with Crippen LogP contribution in [0.3, 0.4) is 0 Å². The number of sulfonamides is 1. The molecule has 156 valence electrons. The van der Waals surface area contributed by atoms with Crippen LogP contribution >= 0.6 is 0 Å². The Kier molecular flexibility index (Phi) is 6.01. The summed E-state index contributed by atoms with van der Waals surface area (Å²) < 4.78 is 32.8. The van der Waals surface area contributed by atoms with Crippen molar-refractivity contribution < 1.29 is 17.6 Å². The van der Waals surface area contributed by atoms with Crippen molar-refractivity contribution in [3.8, 4) is 0 Å². The second-order valence-electron chi connectivity index (χ2n) is 7.49. The lowest BCUT2D eigenvalue weighted by Gasteiger charge is -2.31. The minimum Gasteiger partial charge on any atom is -0.451 e. The van der Waals surface area contributed by atoms with E-state index in [9.17, 15) is 13.2 Å². The highest BCUT2D eigenvalue weighted by Gasteiger charge is 2.26. The predicted octanol–water partition coefficient (Wildman–Crippen LogP) is 3.88. The fourth-order valence-corrected chi connectivity index (χ4v) is 4.50. The van der Waals surface area contributed by atoms with Gasteiger partial charge in [-0.2, -0.15) is 0 Å². The Morgan fingerprint density at radius 1 is 1.07 bits per heavy atom. The summed E-state index contributed by atoms with van der Waals surface area (Å²) in [5.41, 5.74) is 1.54. The SMILES string of the molecule is O=C(c1cc2ccccc2o1)N1CCC(CNS(=O)(=O)/C=C/c2ccccc2)CC1. The van der Waals surface area contributed by atoms with Gasteiger partial charge in [-0.1, -0.05) is 48.5 Å². The summed E-state index contributed by atoms with van der Waals surface area (Å²) in [6, 6.07) is 18.6. The molecule has 3 aromatic rings. The van der Waals surface area contributed by atoms with Crippen molar-refractivity contribution in [3.05, 3.63) is 77.4 Å². The van der Waals surface area contributed by atoms with Gasteiger partial charge in [0.2, 0.25) is 10.0 Å². The van der Waals surface area contributed by atoms with Gasteiger partial charge in [-0.3, -0.25) is 4.79 Å². The van der Waals surface area contributed by atoms with Crippen LogP contribution in [-0.4, -0.2) is 38.9 Å². The number of likely N-dealkylation sites (tertiary alicyclic amines) is 1. The quantitative estimate of drug-likeness (QED) is 0.651. The van der Waals surface area contributed by atoms with E-state index >= 15 is 0 Å². The molecule has 1 saturated heterocycles. The van der Waals surface area contributed by atoms with Crippen molar-refractivity contribution in [1.29, 1.82) is 0 Å². The molecular weight excluding hydrogens is 400 g/mol. The Morgan fingerprint density at radius 2 is 1.77 bits per heavy atom. The highest BCUT2D eigenvalue weighted by atomic mass is 32.2. The molecule has 0 atom stereocenters. The molecule has 0 spiro atoms. The summed E-state index contributed by atoms with van der Waals surface area (Å²) >= 11 is 0. The lowest BCUT2D eigenvalue weighted by atomic mass is 9.97. The van der Waals surface area contributed by atoms with Crippen LogP contribution in [0.5, 0.6) is 0 Å². The number of rotatable bonds is 6. The number of carbonyl (C=O) groups excluding carboxylic acids is 1. The lowest BCUT2D eigenvalue weighted by molar-refractivity contribution is 0.0662. The van der Waals surface area contributed by atoms with Crippen molar-refractivity contribution in [2.24, 2.45) is 5.92 Å². The fourth-order valence-electron chi connectivity index (χ4n) is 3.60. The number of amides is 1. The molecule has 2 heterocycles. The number of hydrogen-bond donors (Lipinski definition) is 1. The van der Waals surface area contributed by atoms with Gasteiger partial charge in [-0.25, -0.2) is 13.1 Å². The largest absolute Gasteiger partial charge is 0.451 e. The highest BCUT2D eigenvalue weighted by molar-refractivity contribution is 7.92. The van der Waals surface area contributed by atoms with Gasteiger partial charge >= 0.3 is 0 Å². The minimum atomic E-state index is -3.49. The number of furan rings is 1. The zero-order chi connectivity index (χ0) is 21.0. The summed E-state index contributed by atoms with van der Waals surface area (Å²) in [5, 5.41) is 2.11. The number of fused-ring (bicyclic) bond motifs is 1. The molecule has 1 aromatic heterocycles. The molecule has 1 aliphatic rings. The van der Waals surface area contributed by atoms with Gasteiger partial charge in [-0.05, 0) is 42.5 Å². The van der Waals surface area contributed by atoms with Gasteiger partial charge in [0.1, 0.15) is 5.58 Å². The van der Waals surface area contributed by atoms with Crippen LogP contribution in [0.15, 0.2) is 70.5 Å². The van der Waals surface area contributed by atoms with Crippen molar-refractivity contribution >= 4 is 33.0 Å². The maximum Gasteiger partial charge on any atom is 0.289 e. The number of nitrogens with zero attached hydrogens (tertiary/aromatic N) is 1. The first-order valence-corrected chi connectivity index (χ1v) is 11.6. The van der Waals surface area contributed by atoms with E-state index in [0.29, 0.717) is 31.0 Å². The summed E-state index contributed by atoms with van der Waals surface area (Å²) in [5.74, 6) is 0.432. The molecule has 1 N–H and O–H groups in total. The number of hydrogen-bond acceptors (Lipinski definition) is 4. The van der Waals surface area contributed by atoms with Crippen LogP contribution < -0.4 is 4.72 Å². The molecule has 2 aromatic carbocycles. The molecule has 0 radical (unpaired) electrons. The lowest BCUT2D eigenvalue weighted by Crippen LogP contribution is -2.41. The second kappa shape index (κ2) is 8.85. The first-order chi connectivity index (χ1) is 14.5. The molecular formula is C23H24N2O4S. The third-order valence-corrected chi connectivity index (χ3v) is 6.41. The zero-order valence-corrected chi connectivity index (χ0v) is 17.3. The number of piperidine rings is 1. The number of benzene rings is 2. The Morgan fingerprint density at radius 3 is 2.50 bits per heavy atom. The molecule has 1 amide bonds. The maximum absolute atomic E-state index is 12.7. The molecule has 0 aliphatic carbocycles. The van der Waals surface area contributed by atoms with Crippen LogP contribution in [0.1, 0.15) is 29.0 Å². The second-order valence-corrected chi connectivity index (χ2v) is 9.14. The van der Waals surface area contributed by atoms with Gasteiger partial charge in [-0.15, -0.1) is 0 Å². The third-order valence-electron chi connectivity index (χ3n) is 5.35. The van der Waals surface area contributed by atoms with Crippen LogP contribution in [0.4, 0.5) is 0 Å². The average Bonchev–Trinajstić information content (AvgIpc) is 3.21. The van der Waals surface area contributed by atoms with E-state index in [0.717, 1.165) is 23.8 Å². The van der Waals surface area contributed by atoms with Crippen molar-refractivity contribution in [1.82, 2.24) is 9.62 Å². The van der Waals surface area contributed by atoms with Gasteiger partial charge in [0.15, 0.2) is 5.76 Å². The van der Waals surface area contributed by atoms with Crippen LogP contribution in [-0.2, 0) is 10.0 Å². The molecule has 1 aliphatic heterocycles. The van der Waals surface area contributed by atoms with Gasteiger partial charge in [0.25, 0.3) is 5.91 Å². The normalized spacial score (nSPS) is 15.8. The van der Waals surface area contributed by atoms with Gasteiger partial charge in [0.05, 0.1) is 0 Å². The average molecular weight is 425 g/mol. The molecule has 1 fully saturated rings. The van der Waals surface area contributed by atoms with E-state index in [4.69, 9.17) is 4.42 Å². The van der Waals surface area contributed by atoms with Crippen LogP contribution in [0, 0.1) is 5.92 Å². The van der Waals surface area contributed by atoms with Crippen LogP contribution in [0.2, 0.25) is 0 Å². The smallest absolute Gasteiger partial charge is 0.289 e. The first-order valence-electron chi connectivity index (χ1n) is 10.0. The van der Waals surface area contributed by atoms with Crippen molar-refractivity contribution in [2.75, 3.05) is 19.6 Å². The minimum absolute atomic E-state index is 0.115. The standard InChI is InChI=1S/C23H24N2O4S/c26-23(22-16-20-8-4-5-9-21(20)29-22)25-13-10-19(11-14-25)17-24-30(27,28)15-12-18-6-2-1-3-7-18/h1-9,12,15-16,19,24H,10-11,13-14,17H2/b15-12+. The van der Waals surface area contributed by atoms with E-state index in [1.54, 1.807) is 17.0 Å². The first kappa shape index (κ1) is 20.4. The molecule has 6 nitrogen and oxygen atoms in total. The predicted molar refractivity (Wildman–Crippen MR) is 117 cm³/mol. The van der Waals surface area contributed by atoms with Crippen molar-refractivity contribution in [3.63, 3.8) is 0 Å². The monoisotopic (exact) mass is 424 g/mol. The number of para-hydroxylation sites is 1. The highest BCUT2D eigenvalue weighted by Crippen LogP contribution is 2.23. The molecule has 30 heavy (non-hydrogen) atoms. The molecule has 7 heteroatoms.